The smallest absolute Gasteiger partial charge is 0.410 e. The molecule has 1 unspecified atom stereocenters. The summed E-state index contributed by atoms with van der Waals surface area (Å²) in [7, 11) is 2.79. The predicted molar refractivity (Wildman–Crippen MR) is 546 cm³/mol. The summed E-state index contributed by atoms with van der Waals surface area (Å²) in [6.45, 7) is 37.3. The molecule has 0 aromatic heterocycles. The number of carbonyl (C=O) groups excluding carboxylic acids is 10. The first-order valence-electron chi connectivity index (χ1n) is 48.6. The molecule has 30 nitrogen and oxygen atoms in total. The van der Waals surface area contributed by atoms with Crippen LogP contribution in [0.15, 0.2) is 127 Å². The van der Waals surface area contributed by atoms with Gasteiger partial charge in [0, 0.05) is 160 Å². The van der Waals surface area contributed by atoms with Gasteiger partial charge in [-0.3, -0.25) is 14.4 Å². The second-order valence-electron chi connectivity index (χ2n) is 42.8. The van der Waals surface area contributed by atoms with Gasteiger partial charge in [0.15, 0.2) is 11.6 Å². The van der Waals surface area contributed by atoms with E-state index in [1.54, 1.807) is 54.8 Å². The molecule has 0 radical (unpaired) electrons. The zero-order valence-electron chi connectivity index (χ0n) is 84.7. The summed E-state index contributed by atoms with van der Waals surface area (Å²) in [6.07, 6.45) is 13.8. The number of halogens is 4. The normalized spacial score (nSPS) is 19.2. The summed E-state index contributed by atoms with van der Waals surface area (Å²) in [5.74, 6) is 3.73. The number of esters is 2. The molecule has 1 atom stereocenters. The van der Waals surface area contributed by atoms with Gasteiger partial charge in [-0.05, 0) is 301 Å². The number of phenols is 1. The van der Waals surface area contributed by atoms with Gasteiger partial charge in [0.05, 0.1) is 49.0 Å². The van der Waals surface area contributed by atoms with Gasteiger partial charge in [-0.2, -0.15) is 0 Å². The Labute approximate surface area is 862 Å². The molecular weight excluding hydrogens is 2070 g/mol. The number of hydrogen-bond acceptors (Lipinski definition) is 25. The first kappa shape index (κ1) is 112. The molecule has 5 spiro atoms. The summed E-state index contributed by atoms with van der Waals surface area (Å²) in [6, 6.07) is 33.2. The maximum absolute atomic E-state index is 12.5. The number of aliphatic hydroxyl groups is 1. The van der Waals surface area contributed by atoms with Gasteiger partial charge in [0.25, 0.3) is 0 Å². The van der Waals surface area contributed by atoms with Crippen LogP contribution in [0, 0.1) is 0 Å². The molecular formula is C107H140Br4N6O24. The van der Waals surface area contributed by atoms with Gasteiger partial charge in [-0.1, -0.05) is 63.7 Å². The number of amides is 5. The Hall–Kier alpha value is -9.74. The van der Waals surface area contributed by atoms with Crippen LogP contribution < -0.4 is 29.0 Å². The highest BCUT2D eigenvalue weighted by molar-refractivity contribution is 9.11. The zero-order valence-corrected chi connectivity index (χ0v) is 91.1. The molecule has 6 aromatic rings. The van der Waals surface area contributed by atoms with E-state index >= 15 is 0 Å². The highest BCUT2D eigenvalue weighted by Gasteiger charge is 2.49. The lowest BCUT2D eigenvalue weighted by Crippen LogP contribution is -2.52. The molecule has 3 N–H and O–H groups in total. The number of aromatic hydroxyl groups is 1. The number of nitrogens with zero attached hydrogens (tertiary/aromatic N) is 5. The summed E-state index contributed by atoms with van der Waals surface area (Å²) in [4.78, 5) is 126. The molecule has 5 amide bonds. The fraction of sp³-hybridized carbons (Fsp3) is 0.570. The molecule has 6 aromatic carbocycles. The number of methoxy groups -OCH3 is 2. The van der Waals surface area contributed by atoms with E-state index in [1.165, 1.54) is 32.8 Å². The van der Waals surface area contributed by atoms with E-state index in [-0.39, 0.29) is 82.3 Å². The lowest BCUT2D eigenvalue weighted by atomic mass is 9.82. The van der Waals surface area contributed by atoms with Crippen molar-refractivity contribution in [2.75, 3.05) is 92.8 Å². The zero-order chi connectivity index (χ0) is 103. The van der Waals surface area contributed by atoms with Crippen LogP contribution in [0.25, 0.3) is 0 Å². The quantitative estimate of drug-likeness (QED) is 0.0841. The number of fused-ring (bicyclic) bond motifs is 5. The van der Waals surface area contributed by atoms with Gasteiger partial charge in [-0.15, -0.1) is 0 Å². The van der Waals surface area contributed by atoms with E-state index in [9.17, 15) is 53.1 Å². The van der Waals surface area contributed by atoms with Crippen molar-refractivity contribution < 1.29 is 115 Å². The minimum Gasteiger partial charge on any atom is -0.507 e. The number of hydrogen-bond donors (Lipinski definition) is 3. The average Bonchev–Trinajstić information content (AvgIpc) is 0.759. The van der Waals surface area contributed by atoms with Crippen molar-refractivity contribution in [2.45, 2.75) is 301 Å². The molecule has 141 heavy (non-hydrogen) atoms. The lowest BCUT2D eigenvalue weighted by Gasteiger charge is -2.45. The number of ketones is 3. The summed E-state index contributed by atoms with van der Waals surface area (Å²) < 4.78 is 71.5. The Morgan fingerprint density at radius 1 is 0.369 bits per heavy atom. The van der Waals surface area contributed by atoms with E-state index in [2.05, 4.69) is 75.1 Å². The Balaban J connectivity index is 0.000000159. The highest BCUT2D eigenvalue weighted by atomic mass is 79.9. The van der Waals surface area contributed by atoms with Gasteiger partial charge in [0.1, 0.15) is 96.3 Å². The van der Waals surface area contributed by atoms with Crippen molar-refractivity contribution in [3.05, 3.63) is 172 Å². The monoisotopic (exact) mass is 2210 g/mol. The second kappa shape index (κ2) is 47.0. The number of ether oxygens (including phenoxy) is 12. The van der Waals surface area contributed by atoms with Crippen molar-refractivity contribution in [2.24, 2.45) is 0 Å². The van der Waals surface area contributed by atoms with E-state index in [1.807, 2.05) is 171 Å². The van der Waals surface area contributed by atoms with E-state index in [0.717, 1.165) is 148 Å². The van der Waals surface area contributed by atoms with Crippen LogP contribution in [-0.4, -0.2) is 243 Å². The number of Topliss-reactive ketones (excluding diaryl/α,β-unsaturated/α-hetero) is 3. The average molecular weight is 2210 g/mol. The van der Waals surface area contributed by atoms with Crippen LogP contribution in [0.2, 0.25) is 0 Å². The van der Waals surface area contributed by atoms with Gasteiger partial charge in [-0.25, -0.2) is 33.6 Å². The van der Waals surface area contributed by atoms with Crippen molar-refractivity contribution in [3.8, 4) is 34.5 Å². The summed E-state index contributed by atoms with van der Waals surface area (Å²) >= 11 is 13.5. The number of benzene rings is 6. The van der Waals surface area contributed by atoms with Gasteiger partial charge >= 0.3 is 42.4 Å². The molecule has 0 bridgehead atoms. The fourth-order valence-corrected chi connectivity index (χ4v) is 19.9. The molecule has 11 heterocycles. The van der Waals surface area contributed by atoms with Crippen LogP contribution in [0.4, 0.5) is 24.0 Å². The minimum atomic E-state index is -0.542. The maximum Gasteiger partial charge on any atom is 0.410 e. The van der Waals surface area contributed by atoms with E-state index in [4.69, 9.17) is 61.9 Å². The summed E-state index contributed by atoms with van der Waals surface area (Å²) in [5, 5.41) is 23.1. The van der Waals surface area contributed by atoms with Crippen LogP contribution in [0.1, 0.15) is 290 Å². The van der Waals surface area contributed by atoms with Gasteiger partial charge < -0.3 is 96.9 Å². The van der Waals surface area contributed by atoms with Crippen molar-refractivity contribution in [1.29, 1.82) is 0 Å². The Kier molecular flexibility index (Phi) is 37.2. The molecule has 6 fully saturated rings. The van der Waals surface area contributed by atoms with E-state index in [0.29, 0.717) is 145 Å². The first-order valence-corrected chi connectivity index (χ1v) is 51.8. The minimum absolute atomic E-state index is 0.00499. The van der Waals surface area contributed by atoms with Crippen LogP contribution in [-0.2, 0) is 57.2 Å². The molecule has 11 aliphatic rings. The maximum atomic E-state index is 12.5. The topological polar surface area (TPSA) is 350 Å². The van der Waals surface area contributed by atoms with Crippen molar-refractivity contribution >= 4 is 123 Å². The van der Waals surface area contributed by atoms with E-state index < -0.39 is 45.3 Å². The fourth-order valence-electron chi connectivity index (χ4n) is 18.4. The first-order chi connectivity index (χ1) is 66.0. The second-order valence-corrected chi connectivity index (χ2v) is 46.5. The number of phenolic OH excluding ortho intramolecular Hbond substituents is 1. The predicted octanol–water partition coefficient (Wildman–Crippen LogP) is 22.2. The SMILES string of the molecule is CC(=O)c1cc(Br)ccc1O.CC(C)(C)OC(=O)N1CCC(=O)CC1.CC(C)(C)OC(=O)N1CCC2(CC1)CC(=O)c1cc(Br)ccc1O2.CC(C)(C)OC(=O)N1CCC2(CC1)CC(O)c1cc(Br)ccc1O2.CC(C)(C)OC(=O)N1CCC2(CCc3cc(Br)ccc3O2)CC1.COC(=O)c1ccc2c(c1)CCC1(CCN(C(=O)OC(C)(C)C)CC1)O2.COC(=O)c1ccc2c(c1)CCC1(CCNCC1)O2. The van der Waals surface area contributed by atoms with Crippen LogP contribution in [0.5, 0.6) is 34.5 Å². The molecule has 770 valence electrons. The lowest BCUT2D eigenvalue weighted by molar-refractivity contribution is -0.121. The van der Waals surface area contributed by atoms with Crippen molar-refractivity contribution in [1.82, 2.24) is 29.8 Å². The van der Waals surface area contributed by atoms with Crippen LogP contribution >= 0.6 is 63.7 Å². The molecule has 11 aliphatic heterocycles. The van der Waals surface area contributed by atoms with Crippen molar-refractivity contribution in [3.63, 3.8) is 0 Å². The number of nitrogens with one attached hydrogen (secondary N) is 1. The largest absolute Gasteiger partial charge is 0.507 e. The van der Waals surface area contributed by atoms with Crippen LogP contribution in [0.3, 0.4) is 0 Å². The Morgan fingerprint density at radius 3 is 1.06 bits per heavy atom. The molecule has 0 saturated carbocycles. The molecule has 6 saturated heterocycles. The molecule has 34 heteroatoms. The van der Waals surface area contributed by atoms with Gasteiger partial charge in [0.2, 0.25) is 0 Å². The third kappa shape index (κ3) is 32.1. The third-order valence-electron chi connectivity index (χ3n) is 25.9. The Morgan fingerprint density at radius 2 is 0.681 bits per heavy atom. The number of aryl methyl sites for hydroxylation is 3. The summed E-state index contributed by atoms with van der Waals surface area (Å²) in [5.41, 5.74) is 2.72. The number of carbonyl (C=O) groups is 10. The molecule has 0 aliphatic carbocycles. The number of aliphatic hydroxyl groups excluding tert-OH is 1. The standard InChI is InChI=1S/C20H27NO5.C18H24BrNO4.C18H22BrNO4.C18H24BrNO3.C15H19NO3.C10H17NO3.C8H7BrO2/c1-19(2,3)26-18(23)21-11-9-20(10-12-21)8-7-14-13-15(17(22)24-4)5-6-16(14)25-20;2*1-17(2,3)24-16(22)20-8-6-18(7-9-20)11-14(21)13-10-12(19)4-5-15(13)23-18;1-17(2,3)23-16(21)20-10-8-18(9-11-20)7-6-13-12-14(19)4-5-15(13)22-18;1-18-14(17)12-2-3-13-11(10-12)4-5-15(19-13)6-8-16-9-7-15;1-10(2,3)14-9(13)11-6-4-8(12)5-7-11;1-5(10)7-4-6(9)2-3-8(7)11/h5-6,13H,7-12H2,1-4H3;4-5,10,14,21H,6-9,11H2,1-3H3;4-5,10H,6-9,11H2,1-3H3;4-5,12H,6-11H2,1-3H3;2-3,10,16H,4-9H2,1H3;4-7H2,1-3H3;2-4,11H,1H3. The molecule has 17 rings (SSSR count). The third-order valence-corrected chi connectivity index (χ3v) is 27.9. The number of likely N-dealkylation sites (tertiary alicyclic amines) is 5. The highest BCUT2D eigenvalue weighted by Crippen LogP contribution is 2.48. The number of piperidine rings is 6. The Bertz CT molecular complexity index is 5450. The number of rotatable bonds is 3.